The van der Waals surface area contributed by atoms with Crippen LogP contribution in [0.15, 0.2) is 15.9 Å². The van der Waals surface area contributed by atoms with Gasteiger partial charge in [-0.25, -0.2) is 9.78 Å². The van der Waals surface area contributed by atoms with Crippen LogP contribution in [0.25, 0.3) is 11.2 Å². The van der Waals surface area contributed by atoms with E-state index < -0.39 is 7.60 Å². The smallest absolute Gasteiger partial charge is 0.332 e. The molecule has 0 radical (unpaired) electrons. The lowest BCUT2D eigenvalue weighted by Gasteiger charge is -2.16. The van der Waals surface area contributed by atoms with E-state index in [2.05, 4.69) is 4.98 Å². The molecule has 2 heterocycles. The molecule has 0 amide bonds. The second kappa shape index (κ2) is 10.9. The SMILES string of the molecule is CCOP(=O)(CC)OCCCCn1c(=O)c2c(ncn2CCOC)n(CC)c1=O. The van der Waals surface area contributed by atoms with Crippen LogP contribution in [0.5, 0.6) is 0 Å². The van der Waals surface area contributed by atoms with Crippen molar-refractivity contribution in [3.8, 4) is 0 Å². The highest BCUT2D eigenvalue weighted by Gasteiger charge is 2.21. The molecule has 2 aromatic rings. The fraction of sp³-hybridized carbons (Fsp3) is 0.722. The Hall–Kier alpha value is -1.74. The summed E-state index contributed by atoms with van der Waals surface area (Å²) in [5, 5.41) is 0. The van der Waals surface area contributed by atoms with Gasteiger partial charge in [-0.3, -0.25) is 18.5 Å². The van der Waals surface area contributed by atoms with Gasteiger partial charge in [0.15, 0.2) is 11.2 Å². The second-order valence-corrected chi connectivity index (χ2v) is 8.84. The molecule has 164 valence electrons. The van der Waals surface area contributed by atoms with E-state index in [1.54, 1.807) is 31.9 Å². The molecule has 0 aliphatic carbocycles. The van der Waals surface area contributed by atoms with Crippen LogP contribution < -0.4 is 11.2 Å². The Labute approximate surface area is 169 Å². The molecule has 1 atom stereocenters. The van der Waals surface area contributed by atoms with Gasteiger partial charge in [-0.1, -0.05) is 6.92 Å². The minimum Gasteiger partial charge on any atom is -0.383 e. The Bertz CT molecular complexity index is 964. The monoisotopic (exact) mass is 430 g/mol. The van der Waals surface area contributed by atoms with Gasteiger partial charge in [-0.15, -0.1) is 0 Å². The van der Waals surface area contributed by atoms with E-state index in [4.69, 9.17) is 13.8 Å². The third-order valence-corrected chi connectivity index (χ3v) is 6.62. The van der Waals surface area contributed by atoms with Crippen molar-refractivity contribution in [3.63, 3.8) is 0 Å². The van der Waals surface area contributed by atoms with Crippen LogP contribution in [0.2, 0.25) is 0 Å². The van der Waals surface area contributed by atoms with Gasteiger partial charge in [-0.2, -0.15) is 0 Å². The maximum absolute atomic E-state index is 13.0. The molecule has 0 saturated heterocycles. The summed E-state index contributed by atoms with van der Waals surface area (Å²) >= 11 is 0. The zero-order chi connectivity index (χ0) is 21.4. The number of imidazole rings is 1. The van der Waals surface area contributed by atoms with Crippen molar-refractivity contribution in [2.75, 3.05) is 33.1 Å². The van der Waals surface area contributed by atoms with E-state index in [1.165, 1.54) is 9.13 Å². The number of nitrogens with zero attached hydrogens (tertiary/aromatic N) is 4. The first kappa shape index (κ1) is 23.5. The van der Waals surface area contributed by atoms with Crippen LogP contribution in [0.3, 0.4) is 0 Å². The predicted molar refractivity (Wildman–Crippen MR) is 111 cm³/mol. The minimum absolute atomic E-state index is 0.246. The van der Waals surface area contributed by atoms with Crippen LogP contribution in [0.1, 0.15) is 33.6 Å². The van der Waals surface area contributed by atoms with E-state index >= 15 is 0 Å². The lowest BCUT2D eigenvalue weighted by Crippen LogP contribution is -2.40. The minimum atomic E-state index is -3.04. The molecular formula is C18H31N4O6P. The second-order valence-electron chi connectivity index (χ2n) is 6.47. The summed E-state index contributed by atoms with van der Waals surface area (Å²) in [5.41, 5.74) is 0.0413. The van der Waals surface area contributed by atoms with Crippen LogP contribution in [0, 0.1) is 0 Å². The molecule has 0 aliphatic rings. The molecule has 0 aromatic carbocycles. The number of aryl methyl sites for hydroxylation is 1. The largest absolute Gasteiger partial charge is 0.383 e. The molecule has 2 rings (SSSR count). The fourth-order valence-electron chi connectivity index (χ4n) is 3.07. The molecule has 2 aromatic heterocycles. The van der Waals surface area contributed by atoms with Crippen molar-refractivity contribution >= 4 is 18.8 Å². The topological polar surface area (TPSA) is 107 Å². The highest BCUT2D eigenvalue weighted by atomic mass is 31.2. The van der Waals surface area contributed by atoms with Gasteiger partial charge in [-0.05, 0) is 26.7 Å². The predicted octanol–water partition coefficient (Wildman–Crippen LogP) is 2.07. The van der Waals surface area contributed by atoms with Crippen LogP contribution in [-0.2, 0) is 38.0 Å². The van der Waals surface area contributed by atoms with Gasteiger partial charge < -0.3 is 18.4 Å². The van der Waals surface area contributed by atoms with E-state index in [-0.39, 0.29) is 24.4 Å². The van der Waals surface area contributed by atoms with Crippen molar-refractivity contribution < 1.29 is 18.3 Å². The number of methoxy groups -OCH3 is 1. The van der Waals surface area contributed by atoms with Crippen LogP contribution >= 0.6 is 7.60 Å². The summed E-state index contributed by atoms with van der Waals surface area (Å²) in [7, 11) is -1.46. The third-order valence-electron chi connectivity index (χ3n) is 4.61. The summed E-state index contributed by atoms with van der Waals surface area (Å²) in [6, 6.07) is 0. The quantitative estimate of drug-likeness (QED) is 0.354. The van der Waals surface area contributed by atoms with Crippen LogP contribution in [0.4, 0.5) is 0 Å². The molecule has 0 N–H and O–H groups in total. The molecular weight excluding hydrogens is 399 g/mol. The molecule has 0 bridgehead atoms. The first-order chi connectivity index (χ1) is 13.9. The number of aromatic nitrogens is 4. The Morgan fingerprint density at radius 2 is 1.79 bits per heavy atom. The maximum Gasteiger partial charge on any atom is 0.332 e. The summed E-state index contributed by atoms with van der Waals surface area (Å²) in [6.07, 6.45) is 2.96. The van der Waals surface area contributed by atoms with Gasteiger partial charge in [0.05, 0.1) is 26.1 Å². The standard InChI is InChI=1S/C18H31N4O6P/c1-5-21-16-15(20(14-19-16)11-13-26-4)17(23)22(18(21)24)10-8-9-12-28-29(25,7-3)27-6-2/h14H,5-13H2,1-4H3. The van der Waals surface area contributed by atoms with Crippen molar-refractivity contribution in [2.45, 2.75) is 53.2 Å². The van der Waals surface area contributed by atoms with E-state index in [0.29, 0.717) is 56.5 Å². The van der Waals surface area contributed by atoms with Crippen molar-refractivity contribution in [2.24, 2.45) is 0 Å². The molecule has 0 fully saturated rings. The molecule has 11 heteroatoms. The van der Waals surface area contributed by atoms with E-state index in [1.807, 2.05) is 6.92 Å². The van der Waals surface area contributed by atoms with Crippen molar-refractivity contribution in [3.05, 3.63) is 27.2 Å². The summed E-state index contributed by atoms with van der Waals surface area (Å²) in [5.74, 6) is 0. The third kappa shape index (κ3) is 5.45. The van der Waals surface area contributed by atoms with Crippen molar-refractivity contribution in [1.82, 2.24) is 18.7 Å². The maximum atomic E-state index is 13.0. The number of ether oxygens (including phenoxy) is 1. The Kier molecular flexibility index (Phi) is 8.82. The number of fused-ring (bicyclic) bond motifs is 1. The Morgan fingerprint density at radius 3 is 2.41 bits per heavy atom. The lowest BCUT2D eigenvalue weighted by molar-refractivity contribution is 0.188. The number of hydrogen-bond donors (Lipinski definition) is 0. The highest BCUT2D eigenvalue weighted by Crippen LogP contribution is 2.47. The van der Waals surface area contributed by atoms with Gasteiger partial charge in [0.2, 0.25) is 0 Å². The highest BCUT2D eigenvalue weighted by molar-refractivity contribution is 7.53. The van der Waals surface area contributed by atoms with Gasteiger partial charge in [0, 0.05) is 32.9 Å². The molecule has 0 spiro atoms. The summed E-state index contributed by atoms with van der Waals surface area (Å²) in [4.78, 5) is 30.0. The first-order valence-electron chi connectivity index (χ1n) is 9.97. The number of unbranched alkanes of at least 4 members (excludes halogenated alkanes) is 1. The average Bonchev–Trinajstić information content (AvgIpc) is 3.12. The normalized spacial score (nSPS) is 13.8. The fourth-order valence-corrected chi connectivity index (χ4v) is 4.31. The van der Waals surface area contributed by atoms with Gasteiger partial charge in [0.25, 0.3) is 5.56 Å². The van der Waals surface area contributed by atoms with Gasteiger partial charge >= 0.3 is 13.3 Å². The molecule has 1 unspecified atom stereocenters. The first-order valence-corrected chi connectivity index (χ1v) is 11.7. The molecule has 0 aliphatic heterocycles. The Balaban J connectivity index is 2.17. The van der Waals surface area contributed by atoms with E-state index in [0.717, 1.165) is 0 Å². The van der Waals surface area contributed by atoms with Crippen molar-refractivity contribution in [1.29, 1.82) is 0 Å². The summed E-state index contributed by atoms with van der Waals surface area (Å²) in [6.45, 7) is 7.50. The lowest BCUT2D eigenvalue weighted by atomic mass is 10.3. The molecule has 0 saturated carbocycles. The average molecular weight is 430 g/mol. The Morgan fingerprint density at radius 1 is 1.03 bits per heavy atom. The van der Waals surface area contributed by atoms with E-state index in [9.17, 15) is 14.2 Å². The summed E-state index contributed by atoms with van der Waals surface area (Å²) < 4.78 is 32.4. The zero-order valence-electron chi connectivity index (χ0n) is 17.6. The number of rotatable bonds is 13. The zero-order valence-corrected chi connectivity index (χ0v) is 18.5. The number of hydrogen-bond acceptors (Lipinski definition) is 7. The molecule has 10 nitrogen and oxygen atoms in total. The van der Waals surface area contributed by atoms with Gasteiger partial charge in [0.1, 0.15) is 0 Å². The molecule has 29 heavy (non-hydrogen) atoms. The van der Waals surface area contributed by atoms with Crippen LogP contribution in [-0.4, -0.2) is 51.8 Å².